The molecular formula is C12H16FNO3S2. The van der Waals surface area contributed by atoms with E-state index in [0.717, 1.165) is 16.2 Å². The smallest absolute Gasteiger partial charge is 0.214 e. The zero-order valence-corrected chi connectivity index (χ0v) is 12.2. The first-order chi connectivity index (χ1) is 9.02. The summed E-state index contributed by atoms with van der Waals surface area (Å²) < 4.78 is 44.4. The minimum Gasteiger partial charge on any atom is -0.384 e. The molecule has 0 amide bonds. The van der Waals surface area contributed by atoms with Gasteiger partial charge in [0.1, 0.15) is 5.82 Å². The summed E-state index contributed by atoms with van der Waals surface area (Å²) in [5, 5.41) is 0. The highest BCUT2D eigenvalue weighted by Crippen LogP contribution is 2.36. The number of sulfonamides is 1. The summed E-state index contributed by atoms with van der Waals surface area (Å²) in [6.45, 7) is 0.146. The van der Waals surface area contributed by atoms with Gasteiger partial charge in [-0.2, -0.15) is 0 Å². The van der Waals surface area contributed by atoms with Gasteiger partial charge in [-0.05, 0) is 35.9 Å². The van der Waals surface area contributed by atoms with Crippen LogP contribution in [0.2, 0.25) is 0 Å². The molecule has 0 saturated heterocycles. The van der Waals surface area contributed by atoms with Crippen LogP contribution in [-0.2, 0) is 14.8 Å². The molecule has 2 rings (SSSR count). The fraction of sp³-hybridized carbons (Fsp3) is 0.500. The van der Waals surface area contributed by atoms with E-state index in [1.54, 1.807) is 17.8 Å². The van der Waals surface area contributed by atoms with Crippen LogP contribution in [0.1, 0.15) is 18.0 Å². The molecule has 0 spiro atoms. The average Bonchev–Trinajstić information content (AvgIpc) is 2.37. The van der Waals surface area contributed by atoms with Crippen LogP contribution >= 0.6 is 11.8 Å². The number of ether oxygens (including phenoxy) is 1. The third kappa shape index (κ3) is 3.92. The van der Waals surface area contributed by atoms with Crippen LogP contribution in [0.15, 0.2) is 23.1 Å². The zero-order valence-electron chi connectivity index (χ0n) is 10.6. The van der Waals surface area contributed by atoms with E-state index in [1.165, 1.54) is 19.2 Å². The molecule has 1 heterocycles. The Kier molecular flexibility index (Phi) is 4.83. The van der Waals surface area contributed by atoms with E-state index in [-0.39, 0.29) is 24.2 Å². The van der Waals surface area contributed by atoms with Crippen molar-refractivity contribution in [1.82, 2.24) is 4.72 Å². The van der Waals surface area contributed by atoms with Crippen LogP contribution in [0.5, 0.6) is 0 Å². The van der Waals surface area contributed by atoms with Crippen molar-refractivity contribution < 1.29 is 17.5 Å². The Labute approximate surface area is 116 Å². The van der Waals surface area contributed by atoms with Gasteiger partial charge in [0.05, 0.1) is 12.4 Å². The molecule has 0 bridgehead atoms. The monoisotopic (exact) mass is 305 g/mol. The molecule has 1 aliphatic rings. The Balaban J connectivity index is 2.17. The molecule has 4 nitrogen and oxygen atoms in total. The van der Waals surface area contributed by atoms with E-state index in [2.05, 4.69) is 4.72 Å². The number of halogens is 1. The molecule has 1 aromatic rings. The molecule has 1 N–H and O–H groups in total. The molecule has 0 aromatic heterocycles. The summed E-state index contributed by atoms with van der Waals surface area (Å²) in [7, 11) is -1.95. The van der Waals surface area contributed by atoms with Crippen LogP contribution < -0.4 is 4.72 Å². The molecule has 106 valence electrons. The summed E-state index contributed by atoms with van der Waals surface area (Å²) in [6.07, 6.45) is 0.660. The first-order valence-corrected chi connectivity index (χ1v) is 8.57. The quantitative estimate of drug-likeness (QED) is 0.903. The number of hydrogen-bond acceptors (Lipinski definition) is 4. The molecule has 7 heteroatoms. The molecule has 1 aliphatic heterocycles. The second-order valence-electron chi connectivity index (χ2n) is 4.30. The Hall–Kier alpha value is -0.630. The lowest BCUT2D eigenvalue weighted by atomic mass is 10.0. The molecule has 0 aliphatic carbocycles. The van der Waals surface area contributed by atoms with Crippen molar-refractivity contribution >= 4 is 21.8 Å². The molecule has 0 unspecified atom stereocenters. The number of nitrogens with one attached hydrogen (secondary N) is 1. The summed E-state index contributed by atoms with van der Waals surface area (Å²) >= 11 is 1.62. The minimum atomic E-state index is -3.41. The number of methoxy groups -OCH3 is 1. The Morgan fingerprint density at radius 2 is 2.32 bits per heavy atom. The largest absolute Gasteiger partial charge is 0.384 e. The number of hydrogen-bond donors (Lipinski definition) is 1. The van der Waals surface area contributed by atoms with E-state index >= 15 is 0 Å². The molecule has 0 saturated carbocycles. The van der Waals surface area contributed by atoms with Crippen LogP contribution in [0, 0.1) is 5.82 Å². The molecule has 0 fully saturated rings. The molecular weight excluding hydrogens is 289 g/mol. The van der Waals surface area contributed by atoms with Gasteiger partial charge in [0.2, 0.25) is 10.0 Å². The third-order valence-corrected chi connectivity index (χ3v) is 5.36. The summed E-state index contributed by atoms with van der Waals surface area (Å²) in [4.78, 5) is 0.937. The summed E-state index contributed by atoms with van der Waals surface area (Å²) in [6, 6.07) is 4.15. The van der Waals surface area contributed by atoms with E-state index in [4.69, 9.17) is 4.74 Å². The van der Waals surface area contributed by atoms with Gasteiger partial charge >= 0.3 is 0 Å². The van der Waals surface area contributed by atoms with Crippen molar-refractivity contribution in [2.45, 2.75) is 17.4 Å². The normalized spacial score (nSPS) is 19.2. The molecule has 19 heavy (non-hydrogen) atoms. The first kappa shape index (κ1) is 14.8. The third-order valence-electron chi connectivity index (χ3n) is 2.89. The van der Waals surface area contributed by atoms with Crippen molar-refractivity contribution in [3.8, 4) is 0 Å². The molecule has 1 aromatic carbocycles. The van der Waals surface area contributed by atoms with Gasteiger partial charge in [0.15, 0.2) is 0 Å². The van der Waals surface area contributed by atoms with Crippen molar-refractivity contribution in [3.63, 3.8) is 0 Å². The first-order valence-electron chi connectivity index (χ1n) is 5.93. The number of fused-ring (bicyclic) bond motifs is 1. The van der Waals surface area contributed by atoms with E-state index in [9.17, 15) is 12.8 Å². The van der Waals surface area contributed by atoms with Gasteiger partial charge in [-0.3, -0.25) is 0 Å². The van der Waals surface area contributed by atoms with E-state index in [0.29, 0.717) is 6.42 Å². The fourth-order valence-corrected chi connectivity index (χ4v) is 4.24. The second kappa shape index (κ2) is 6.21. The lowest BCUT2D eigenvalue weighted by molar-refractivity contribution is 0.216. The summed E-state index contributed by atoms with van der Waals surface area (Å²) in [5.74, 6) is 0.385. The van der Waals surface area contributed by atoms with Gasteiger partial charge in [-0.1, -0.05) is 0 Å². The standard InChI is InChI=1S/C12H16FNO3S2/c1-17-5-7-19(15,16)14-11-4-6-18-12-3-2-9(13)8-10(11)12/h2-3,8,11,14H,4-7H2,1H3/t11-/m1/s1. The lowest BCUT2D eigenvalue weighted by Gasteiger charge is -2.25. The summed E-state index contributed by atoms with van der Waals surface area (Å²) in [5.41, 5.74) is 0.720. The van der Waals surface area contributed by atoms with Gasteiger partial charge in [0, 0.05) is 18.0 Å². The molecule has 1 atom stereocenters. The maximum absolute atomic E-state index is 13.3. The Morgan fingerprint density at radius 3 is 3.05 bits per heavy atom. The van der Waals surface area contributed by atoms with Crippen LogP contribution in [0.3, 0.4) is 0 Å². The van der Waals surface area contributed by atoms with Crippen LogP contribution in [0.4, 0.5) is 4.39 Å². The van der Waals surface area contributed by atoms with Crippen LogP contribution in [-0.4, -0.2) is 33.6 Å². The second-order valence-corrected chi connectivity index (χ2v) is 7.31. The predicted molar refractivity (Wildman–Crippen MR) is 73.3 cm³/mol. The molecule has 0 radical (unpaired) electrons. The SMILES string of the molecule is COCCS(=O)(=O)N[C@@H]1CCSc2ccc(F)cc21. The number of thioether (sulfide) groups is 1. The van der Waals surface area contributed by atoms with Crippen molar-refractivity contribution in [2.75, 3.05) is 25.2 Å². The van der Waals surface area contributed by atoms with E-state index < -0.39 is 10.0 Å². The highest BCUT2D eigenvalue weighted by atomic mass is 32.2. The average molecular weight is 305 g/mol. The fourth-order valence-electron chi connectivity index (χ4n) is 1.96. The van der Waals surface area contributed by atoms with Crippen molar-refractivity contribution in [1.29, 1.82) is 0 Å². The Morgan fingerprint density at radius 1 is 1.53 bits per heavy atom. The topological polar surface area (TPSA) is 55.4 Å². The number of rotatable bonds is 5. The van der Waals surface area contributed by atoms with Crippen molar-refractivity contribution in [2.24, 2.45) is 0 Å². The van der Waals surface area contributed by atoms with Gasteiger partial charge in [-0.15, -0.1) is 11.8 Å². The lowest BCUT2D eigenvalue weighted by Crippen LogP contribution is -2.33. The highest BCUT2D eigenvalue weighted by molar-refractivity contribution is 7.99. The van der Waals surface area contributed by atoms with Gasteiger partial charge in [-0.25, -0.2) is 17.5 Å². The van der Waals surface area contributed by atoms with Crippen molar-refractivity contribution in [3.05, 3.63) is 29.6 Å². The number of benzene rings is 1. The maximum Gasteiger partial charge on any atom is 0.214 e. The predicted octanol–water partition coefficient (Wildman–Crippen LogP) is 1.93. The highest BCUT2D eigenvalue weighted by Gasteiger charge is 2.25. The maximum atomic E-state index is 13.3. The minimum absolute atomic E-state index is 0.0855. The Bertz CT molecular complexity index is 548. The van der Waals surface area contributed by atoms with Crippen LogP contribution in [0.25, 0.3) is 0 Å². The van der Waals surface area contributed by atoms with Gasteiger partial charge < -0.3 is 4.74 Å². The van der Waals surface area contributed by atoms with E-state index in [1.807, 2.05) is 0 Å². The zero-order chi connectivity index (χ0) is 13.9. The van der Waals surface area contributed by atoms with Gasteiger partial charge in [0.25, 0.3) is 0 Å².